The molecule has 1 saturated carbocycles. The minimum absolute atomic E-state index is 0.179. The Kier molecular flexibility index (Phi) is 2.27. The highest BCUT2D eigenvalue weighted by Crippen LogP contribution is 2.59. The summed E-state index contributed by atoms with van der Waals surface area (Å²) in [6.45, 7) is 0. The van der Waals surface area contributed by atoms with E-state index in [-0.39, 0.29) is 6.07 Å². The average Bonchev–Trinajstić information content (AvgIpc) is 2.65. The summed E-state index contributed by atoms with van der Waals surface area (Å²) < 4.78 is 76.4. The van der Waals surface area contributed by atoms with Gasteiger partial charge in [-0.1, -0.05) is 6.07 Å². The molecular weight excluding hydrogens is 248 g/mol. The lowest BCUT2D eigenvalue weighted by atomic mass is 9.98. The second-order valence-electron chi connectivity index (χ2n) is 4.04. The van der Waals surface area contributed by atoms with Gasteiger partial charge >= 0.3 is 6.18 Å². The normalized spacial score (nSPS) is 27.0. The number of benzene rings is 1. The average molecular weight is 255 g/mol. The van der Waals surface area contributed by atoms with Gasteiger partial charge < -0.3 is 5.73 Å². The third kappa shape index (κ3) is 1.78. The molecule has 7 heteroatoms. The summed E-state index contributed by atoms with van der Waals surface area (Å²) >= 11 is 0. The summed E-state index contributed by atoms with van der Waals surface area (Å²) in [5, 5.41) is 0. The van der Waals surface area contributed by atoms with Crippen LogP contribution < -0.4 is 5.73 Å². The van der Waals surface area contributed by atoms with Crippen molar-refractivity contribution in [3.05, 3.63) is 35.1 Å². The van der Waals surface area contributed by atoms with Crippen molar-refractivity contribution in [2.75, 3.05) is 0 Å². The number of hydrogen-bond acceptors (Lipinski definition) is 1. The molecule has 1 aromatic carbocycles. The fraction of sp³-hybridized carbons (Fsp3) is 0.400. The first-order chi connectivity index (χ1) is 7.58. The van der Waals surface area contributed by atoms with Crippen molar-refractivity contribution in [2.45, 2.75) is 24.1 Å². The Morgan fingerprint density at radius 1 is 1.18 bits per heavy atom. The van der Waals surface area contributed by atoms with E-state index >= 15 is 0 Å². The smallest absolute Gasteiger partial charge is 0.316 e. The standard InChI is InChI=1S/C10H7F6N/c11-5-1-2-6(7(3-5)10(14,15)16)8(17)4-9(8,12)13/h1-3H,4,17H2. The van der Waals surface area contributed by atoms with Crippen LogP contribution in [-0.2, 0) is 11.7 Å². The van der Waals surface area contributed by atoms with Crippen LogP contribution in [0.5, 0.6) is 0 Å². The maximum atomic E-state index is 12.9. The van der Waals surface area contributed by atoms with E-state index in [1.165, 1.54) is 0 Å². The monoisotopic (exact) mass is 255 g/mol. The summed E-state index contributed by atoms with van der Waals surface area (Å²) in [6, 6.07) is 1.53. The number of nitrogens with two attached hydrogens (primary N) is 1. The van der Waals surface area contributed by atoms with Gasteiger partial charge in [-0.25, -0.2) is 13.2 Å². The summed E-state index contributed by atoms with van der Waals surface area (Å²) in [5.41, 5.74) is 0.665. The van der Waals surface area contributed by atoms with Gasteiger partial charge in [0.25, 0.3) is 5.92 Å². The van der Waals surface area contributed by atoms with Crippen LogP contribution in [0.1, 0.15) is 17.5 Å². The molecule has 0 heterocycles. The zero-order chi connectivity index (χ0) is 13.1. The molecule has 2 rings (SSSR count). The fourth-order valence-corrected chi connectivity index (χ4v) is 1.74. The fourth-order valence-electron chi connectivity index (χ4n) is 1.74. The van der Waals surface area contributed by atoms with E-state index in [2.05, 4.69) is 0 Å². The predicted octanol–water partition coefficient (Wildman–Crippen LogP) is 3.04. The highest BCUT2D eigenvalue weighted by molar-refractivity contribution is 5.43. The molecule has 1 aromatic rings. The van der Waals surface area contributed by atoms with Gasteiger partial charge in [0, 0.05) is 6.42 Å². The predicted molar refractivity (Wildman–Crippen MR) is 46.8 cm³/mol. The van der Waals surface area contributed by atoms with Crippen LogP contribution in [0.4, 0.5) is 26.3 Å². The van der Waals surface area contributed by atoms with Gasteiger partial charge in [-0.15, -0.1) is 0 Å². The second kappa shape index (κ2) is 3.16. The van der Waals surface area contributed by atoms with Crippen molar-refractivity contribution >= 4 is 0 Å². The summed E-state index contributed by atoms with van der Waals surface area (Å²) in [7, 11) is 0. The topological polar surface area (TPSA) is 26.0 Å². The highest BCUT2D eigenvalue weighted by atomic mass is 19.4. The largest absolute Gasteiger partial charge is 0.416 e. The van der Waals surface area contributed by atoms with Gasteiger partial charge in [0.2, 0.25) is 0 Å². The minimum atomic E-state index is -4.91. The van der Waals surface area contributed by atoms with Crippen molar-refractivity contribution in [2.24, 2.45) is 5.73 Å². The Labute approximate surface area is 92.2 Å². The van der Waals surface area contributed by atoms with Crippen molar-refractivity contribution in [3.63, 3.8) is 0 Å². The molecule has 0 aliphatic heterocycles. The van der Waals surface area contributed by atoms with Crippen LogP contribution in [0.25, 0.3) is 0 Å². The maximum absolute atomic E-state index is 12.9. The zero-order valence-corrected chi connectivity index (χ0v) is 8.28. The van der Waals surface area contributed by atoms with E-state index in [0.717, 1.165) is 0 Å². The molecule has 0 saturated heterocycles. The van der Waals surface area contributed by atoms with Crippen LogP contribution in [0.15, 0.2) is 18.2 Å². The van der Waals surface area contributed by atoms with Gasteiger partial charge in [-0.3, -0.25) is 0 Å². The van der Waals surface area contributed by atoms with Crippen LogP contribution in [0.2, 0.25) is 0 Å². The first kappa shape index (κ1) is 12.2. The SMILES string of the molecule is NC1(c2ccc(F)cc2C(F)(F)F)CC1(F)F. The Morgan fingerprint density at radius 2 is 1.71 bits per heavy atom. The summed E-state index contributed by atoms with van der Waals surface area (Å²) in [4.78, 5) is 0. The van der Waals surface area contributed by atoms with Crippen LogP contribution in [-0.4, -0.2) is 5.92 Å². The molecule has 1 fully saturated rings. The van der Waals surface area contributed by atoms with Crippen LogP contribution in [0, 0.1) is 5.82 Å². The number of rotatable bonds is 1. The molecule has 1 unspecified atom stereocenters. The molecule has 0 spiro atoms. The Bertz CT molecular complexity index is 466. The molecule has 2 N–H and O–H groups in total. The molecule has 0 radical (unpaired) electrons. The molecule has 1 nitrogen and oxygen atoms in total. The van der Waals surface area contributed by atoms with E-state index < -0.39 is 41.0 Å². The van der Waals surface area contributed by atoms with Crippen molar-refractivity contribution in [3.8, 4) is 0 Å². The molecule has 17 heavy (non-hydrogen) atoms. The first-order valence-electron chi connectivity index (χ1n) is 4.62. The van der Waals surface area contributed by atoms with Crippen molar-refractivity contribution < 1.29 is 26.3 Å². The quantitative estimate of drug-likeness (QED) is 0.767. The van der Waals surface area contributed by atoms with E-state index in [1.54, 1.807) is 0 Å². The number of hydrogen-bond donors (Lipinski definition) is 1. The minimum Gasteiger partial charge on any atom is -0.316 e. The number of halogens is 6. The van der Waals surface area contributed by atoms with Gasteiger partial charge in [-0.2, -0.15) is 13.2 Å². The van der Waals surface area contributed by atoms with E-state index in [9.17, 15) is 26.3 Å². The van der Waals surface area contributed by atoms with E-state index in [1.807, 2.05) is 0 Å². The lowest BCUT2D eigenvalue weighted by Gasteiger charge is -2.18. The van der Waals surface area contributed by atoms with E-state index in [0.29, 0.717) is 12.1 Å². The Balaban J connectivity index is 2.57. The molecule has 0 bridgehead atoms. The Hall–Kier alpha value is -1.24. The van der Waals surface area contributed by atoms with Gasteiger partial charge in [0.15, 0.2) is 0 Å². The first-order valence-corrected chi connectivity index (χ1v) is 4.62. The lowest BCUT2D eigenvalue weighted by molar-refractivity contribution is -0.138. The number of alkyl halides is 5. The summed E-state index contributed by atoms with van der Waals surface area (Å²) in [5.74, 6) is -4.53. The maximum Gasteiger partial charge on any atom is 0.416 e. The highest BCUT2D eigenvalue weighted by Gasteiger charge is 2.71. The van der Waals surface area contributed by atoms with Crippen molar-refractivity contribution in [1.82, 2.24) is 0 Å². The van der Waals surface area contributed by atoms with Gasteiger partial charge in [-0.05, 0) is 17.7 Å². The zero-order valence-electron chi connectivity index (χ0n) is 8.28. The third-order valence-corrected chi connectivity index (χ3v) is 2.80. The Morgan fingerprint density at radius 3 is 2.12 bits per heavy atom. The molecule has 1 atom stereocenters. The van der Waals surface area contributed by atoms with Crippen LogP contribution >= 0.6 is 0 Å². The van der Waals surface area contributed by atoms with Gasteiger partial charge in [0.1, 0.15) is 11.4 Å². The molecular formula is C10H7F6N. The molecule has 0 aromatic heterocycles. The third-order valence-electron chi connectivity index (χ3n) is 2.80. The lowest BCUT2D eigenvalue weighted by Crippen LogP contribution is -2.30. The second-order valence-corrected chi connectivity index (χ2v) is 4.04. The summed E-state index contributed by atoms with van der Waals surface area (Å²) in [6.07, 6.45) is -5.78. The van der Waals surface area contributed by atoms with Gasteiger partial charge in [0.05, 0.1) is 5.56 Å². The molecule has 1 aliphatic carbocycles. The molecule has 94 valence electrons. The molecule has 1 aliphatic rings. The molecule has 0 amide bonds. The van der Waals surface area contributed by atoms with Crippen molar-refractivity contribution in [1.29, 1.82) is 0 Å². The van der Waals surface area contributed by atoms with E-state index in [4.69, 9.17) is 5.73 Å². The van der Waals surface area contributed by atoms with Crippen LogP contribution in [0.3, 0.4) is 0 Å².